The summed E-state index contributed by atoms with van der Waals surface area (Å²) in [5, 5.41) is 0. The van der Waals surface area contributed by atoms with Gasteiger partial charge in [0.1, 0.15) is 11.6 Å². The van der Waals surface area contributed by atoms with Crippen molar-refractivity contribution < 1.29 is 13.9 Å². The summed E-state index contributed by atoms with van der Waals surface area (Å²) in [5.41, 5.74) is 2.13. The standard InChI is InChI=1S/C18H18FNO2/c1-12-11-14-5-3-4-6-17(14)20(12)18(21)13(2)22-16-9-7-15(19)8-10-16/h3-10,12-13H,11H2,1-2H3/t12-,13+/m1/s1. The van der Waals surface area contributed by atoms with Gasteiger partial charge < -0.3 is 9.64 Å². The maximum absolute atomic E-state index is 12.9. The number of hydrogen-bond acceptors (Lipinski definition) is 2. The molecule has 1 heterocycles. The highest BCUT2D eigenvalue weighted by atomic mass is 19.1. The Hall–Kier alpha value is -2.36. The Labute approximate surface area is 129 Å². The molecule has 1 aliphatic rings. The van der Waals surface area contributed by atoms with Gasteiger partial charge in [-0.1, -0.05) is 18.2 Å². The topological polar surface area (TPSA) is 29.5 Å². The van der Waals surface area contributed by atoms with Gasteiger partial charge in [0.15, 0.2) is 6.10 Å². The third-order valence-electron chi connectivity index (χ3n) is 3.92. The van der Waals surface area contributed by atoms with Crippen molar-refractivity contribution in [2.45, 2.75) is 32.4 Å². The molecule has 0 N–H and O–H groups in total. The molecule has 0 radical (unpaired) electrons. The summed E-state index contributed by atoms with van der Waals surface area (Å²) in [6.07, 6.45) is 0.226. The van der Waals surface area contributed by atoms with E-state index in [2.05, 4.69) is 0 Å². The number of fused-ring (bicyclic) bond motifs is 1. The lowest BCUT2D eigenvalue weighted by Gasteiger charge is -2.26. The number of hydrogen-bond donors (Lipinski definition) is 0. The van der Waals surface area contributed by atoms with Gasteiger partial charge in [0.25, 0.3) is 5.91 Å². The molecule has 114 valence electrons. The second-order valence-electron chi connectivity index (χ2n) is 5.60. The van der Waals surface area contributed by atoms with Crippen molar-refractivity contribution >= 4 is 11.6 Å². The van der Waals surface area contributed by atoms with Gasteiger partial charge in [0.05, 0.1) is 0 Å². The number of nitrogens with zero attached hydrogens (tertiary/aromatic N) is 1. The molecule has 22 heavy (non-hydrogen) atoms. The van der Waals surface area contributed by atoms with Crippen LogP contribution in [-0.2, 0) is 11.2 Å². The minimum absolute atomic E-state index is 0.0817. The molecule has 0 unspecified atom stereocenters. The number of benzene rings is 2. The maximum Gasteiger partial charge on any atom is 0.268 e. The lowest BCUT2D eigenvalue weighted by Crippen LogP contribution is -2.43. The third-order valence-corrected chi connectivity index (χ3v) is 3.92. The molecule has 0 saturated heterocycles. The van der Waals surface area contributed by atoms with Gasteiger partial charge in [0.2, 0.25) is 0 Å². The molecule has 3 nitrogen and oxygen atoms in total. The van der Waals surface area contributed by atoms with Gasteiger partial charge in [0, 0.05) is 11.7 Å². The van der Waals surface area contributed by atoms with Crippen molar-refractivity contribution in [2.24, 2.45) is 0 Å². The average Bonchev–Trinajstić information content (AvgIpc) is 2.84. The van der Waals surface area contributed by atoms with Crippen LogP contribution in [-0.4, -0.2) is 18.1 Å². The molecule has 0 aromatic heterocycles. The first-order chi connectivity index (χ1) is 10.6. The van der Waals surface area contributed by atoms with Crippen LogP contribution < -0.4 is 9.64 Å². The lowest BCUT2D eigenvalue weighted by molar-refractivity contribution is -0.124. The zero-order valence-corrected chi connectivity index (χ0v) is 12.6. The van der Waals surface area contributed by atoms with E-state index in [0.29, 0.717) is 5.75 Å². The smallest absolute Gasteiger partial charge is 0.268 e. The second kappa shape index (κ2) is 5.79. The predicted molar refractivity (Wildman–Crippen MR) is 83.6 cm³/mol. The number of halogens is 1. The quantitative estimate of drug-likeness (QED) is 0.867. The fourth-order valence-electron chi connectivity index (χ4n) is 2.86. The molecule has 0 fully saturated rings. The number of ether oxygens (including phenoxy) is 1. The molecule has 0 saturated carbocycles. The Morgan fingerprint density at radius 1 is 1.23 bits per heavy atom. The van der Waals surface area contributed by atoms with E-state index in [4.69, 9.17) is 4.74 Å². The molecule has 0 aliphatic carbocycles. The van der Waals surface area contributed by atoms with E-state index in [1.807, 2.05) is 31.2 Å². The number of amides is 1. The fraction of sp³-hybridized carbons (Fsp3) is 0.278. The molecule has 0 bridgehead atoms. The first kappa shape index (κ1) is 14.6. The van der Waals surface area contributed by atoms with Crippen LogP contribution in [0.1, 0.15) is 19.4 Å². The fourth-order valence-corrected chi connectivity index (χ4v) is 2.86. The van der Waals surface area contributed by atoms with Gasteiger partial charge >= 0.3 is 0 Å². The van der Waals surface area contributed by atoms with Crippen molar-refractivity contribution in [1.82, 2.24) is 0 Å². The molecular formula is C18H18FNO2. The highest BCUT2D eigenvalue weighted by Crippen LogP contribution is 2.32. The molecule has 2 aromatic rings. The van der Waals surface area contributed by atoms with Gasteiger partial charge in [-0.15, -0.1) is 0 Å². The number of rotatable bonds is 3. The van der Waals surface area contributed by atoms with E-state index in [9.17, 15) is 9.18 Å². The first-order valence-electron chi connectivity index (χ1n) is 7.39. The van der Waals surface area contributed by atoms with Crippen molar-refractivity contribution in [1.29, 1.82) is 0 Å². The number of carbonyl (C=O) groups is 1. The molecule has 4 heteroatoms. The van der Waals surface area contributed by atoms with E-state index in [0.717, 1.165) is 12.1 Å². The highest BCUT2D eigenvalue weighted by molar-refractivity contribution is 5.99. The normalized spacial score (nSPS) is 18.0. The van der Waals surface area contributed by atoms with Gasteiger partial charge in [-0.3, -0.25) is 4.79 Å². The summed E-state index contributed by atoms with van der Waals surface area (Å²) in [6.45, 7) is 3.75. The number of anilines is 1. The van der Waals surface area contributed by atoms with Gasteiger partial charge in [-0.05, 0) is 56.2 Å². The average molecular weight is 299 g/mol. The summed E-state index contributed by atoms with van der Waals surface area (Å²) in [5.74, 6) is 0.0811. The zero-order chi connectivity index (χ0) is 15.7. The van der Waals surface area contributed by atoms with Gasteiger partial charge in [-0.25, -0.2) is 4.39 Å². The number of carbonyl (C=O) groups excluding carboxylic acids is 1. The second-order valence-corrected chi connectivity index (χ2v) is 5.60. The Bertz CT molecular complexity index is 684. The zero-order valence-electron chi connectivity index (χ0n) is 12.6. The van der Waals surface area contributed by atoms with Crippen molar-refractivity contribution in [3.63, 3.8) is 0 Å². The summed E-state index contributed by atoms with van der Waals surface area (Å²) >= 11 is 0. The Kier molecular flexibility index (Phi) is 3.84. The van der Waals surface area contributed by atoms with E-state index in [-0.39, 0.29) is 17.8 Å². The van der Waals surface area contributed by atoms with Crippen LogP contribution in [0.5, 0.6) is 5.75 Å². The van der Waals surface area contributed by atoms with E-state index in [1.165, 1.54) is 29.8 Å². The van der Waals surface area contributed by atoms with Crippen LogP contribution in [0.3, 0.4) is 0 Å². The molecular weight excluding hydrogens is 281 g/mol. The molecule has 0 spiro atoms. The number of para-hydroxylation sites is 1. The van der Waals surface area contributed by atoms with Crippen molar-refractivity contribution in [3.8, 4) is 5.75 Å². The predicted octanol–water partition coefficient (Wildman–Crippen LogP) is 3.57. The maximum atomic E-state index is 12.9. The molecule has 2 atom stereocenters. The molecule has 3 rings (SSSR count). The lowest BCUT2D eigenvalue weighted by atomic mass is 10.1. The van der Waals surface area contributed by atoms with Crippen LogP contribution >= 0.6 is 0 Å². The Morgan fingerprint density at radius 2 is 1.91 bits per heavy atom. The molecule has 2 aromatic carbocycles. The van der Waals surface area contributed by atoms with Crippen LogP contribution in [0, 0.1) is 5.82 Å². The summed E-state index contributed by atoms with van der Waals surface area (Å²) < 4.78 is 18.6. The Morgan fingerprint density at radius 3 is 2.64 bits per heavy atom. The highest BCUT2D eigenvalue weighted by Gasteiger charge is 2.33. The van der Waals surface area contributed by atoms with E-state index in [1.54, 1.807) is 11.8 Å². The first-order valence-corrected chi connectivity index (χ1v) is 7.39. The van der Waals surface area contributed by atoms with Crippen molar-refractivity contribution in [3.05, 3.63) is 59.9 Å². The van der Waals surface area contributed by atoms with E-state index >= 15 is 0 Å². The summed E-state index contributed by atoms with van der Waals surface area (Å²) in [4.78, 5) is 14.5. The minimum atomic E-state index is -0.626. The summed E-state index contributed by atoms with van der Waals surface area (Å²) in [7, 11) is 0. The van der Waals surface area contributed by atoms with Crippen molar-refractivity contribution in [2.75, 3.05) is 4.90 Å². The van der Waals surface area contributed by atoms with Crippen LogP contribution in [0.4, 0.5) is 10.1 Å². The van der Waals surface area contributed by atoms with Crippen LogP contribution in [0.25, 0.3) is 0 Å². The van der Waals surface area contributed by atoms with Crippen LogP contribution in [0.2, 0.25) is 0 Å². The summed E-state index contributed by atoms with van der Waals surface area (Å²) in [6, 6.07) is 13.7. The third kappa shape index (κ3) is 2.69. The van der Waals surface area contributed by atoms with Gasteiger partial charge in [-0.2, -0.15) is 0 Å². The van der Waals surface area contributed by atoms with E-state index < -0.39 is 6.10 Å². The molecule has 1 aliphatic heterocycles. The minimum Gasteiger partial charge on any atom is -0.481 e. The Balaban J connectivity index is 1.77. The monoisotopic (exact) mass is 299 g/mol. The van der Waals surface area contributed by atoms with Crippen LogP contribution in [0.15, 0.2) is 48.5 Å². The largest absolute Gasteiger partial charge is 0.481 e. The molecule has 1 amide bonds. The SMILES string of the molecule is C[C@H](Oc1ccc(F)cc1)C(=O)N1c2ccccc2C[C@H]1C.